The maximum atomic E-state index is 12.8. The van der Waals surface area contributed by atoms with E-state index >= 15 is 0 Å². The molecule has 3 aromatic rings. The quantitative estimate of drug-likeness (QED) is 0.447. The number of benzene rings is 2. The molecule has 6 nitrogen and oxygen atoms in total. The summed E-state index contributed by atoms with van der Waals surface area (Å²) in [6, 6.07) is 12.6. The van der Waals surface area contributed by atoms with E-state index in [1.165, 1.54) is 16.9 Å². The molecule has 0 aliphatic carbocycles. The highest BCUT2D eigenvalue weighted by Crippen LogP contribution is 2.30. The van der Waals surface area contributed by atoms with E-state index in [0.29, 0.717) is 18.8 Å². The van der Waals surface area contributed by atoms with E-state index < -0.39 is 17.3 Å². The van der Waals surface area contributed by atoms with Crippen LogP contribution in [0, 0.1) is 5.92 Å². The van der Waals surface area contributed by atoms with Crippen molar-refractivity contribution in [3.63, 3.8) is 0 Å². The predicted octanol–water partition coefficient (Wildman–Crippen LogP) is 5.32. The van der Waals surface area contributed by atoms with Gasteiger partial charge in [-0.1, -0.05) is 43.3 Å². The van der Waals surface area contributed by atoms with Crippen LogP contribution in [-0.4, -0.2) is 31.8 Å². The zero-order valence-electron chi connectivity index (χ0n) is 19.1. The number of tetrazole rings is 1. The standard InChI is InChI=1S/C24H27F3N4O2/c1-16(13-21(32)33-23(2,3)4)15-31-29-22(28-30-31)20-8-6-5-7-18(20)14-17-9-11-19(12-10-17)24(25,26)27/h5-12,16H,13-15H2,1-4H3. The molecular weight excluding hydrogens is 433 g/mol. The molecular formula is C24H27F3N4O2. The zero-order valence-corrected chi connectivity index (χ0v) is 19.1. The summed E-state index contributed by atoms with van der Waals surface area (Å²) in [4.78, 5) is 13.5. The van der Waals surface area contributed by atoms with Gasteiger partial charge in [0.2, 0.25) is 5.82 Å². The summed E-state index contributed by atoms with van der Waals surface area (Å²) in [5.41, 5.74) is 1.16. The van der Waals surface area contributed by atoms with Crippen molar-refractivity contribution >= 4 is 5.97 Å². The highest BCUT2D eigenvalue weighted by atomic mass is 19.4. The van der Waals surface area contributed by atoms with E-state index in [-0.39, 0.29) is 18.3 Å². The van der Waals surface area contributed by atoms with Crippen molar-refractivity contribution < 1.29 is 22.7 Å². The first-order valence-electron chi connectivity index (χ1n) is 10.6. The first kappa shape index (κ1) is 24.4. The highest BCUT2D eigenvalue weighted by molar-refractivity contribution is 5.70. The van der Waals surface area contributed by atoms with Gasteiger partial charge in [0, 0.05) is 12.0 Å². The summed E-state index contributed by atoms with van der Waals surface area (Å²) in [5, 5.41) is 12.7. The van der Waals surface area contributed by atoms with Gasteiger partial charge < -0.3 is 4.74 Å². The lowest BCUT2D eigenvalue weighted by atomic mass is 9.98. The summed E-state index contributed by atoms with van der Waals surface area (Å²) in [6.45, 7) is 7.77. The van der Waals surface area contributed by atoms with Crippen LogP contribution < -0.4 is 0 Å². The molecule has 1 atom stereocenters. The summed E-state index contributed by atoms with van der Waals surface area (Å²) in [7, 11) is 0. The second kappa shape index (κ2) is 9.72. The Bertz CT molecular complexity index is 1090. The van der Waals surface area contributed by atoms with Crippen LogP contribution in [-0.2, 0) is 28.7 Å². The minimum Gasteiger partial charge on any atom is -0.460 e. The van der Waals surface area contributed by atoms with Gasteiger partial charge in [-0.3, -0.25) is 4.79 Å². The fourth-order valence-corrected chi connectivity index (χ4v) is 3.36. The smallest absolute Gasteiger partial charge is 0.416 e. The third kappa shape index (κ3) is 7.13. The van der Waals surface area contributed by atoms with Gasteiger partial charge in [0.05, 0.1) is 12.1 Å². The third-order valence-corrected chi connectivity index (χ3v) is 4.80. The molecule has 33 heavy (non-hydrogen) atoms. The number of carbonyl (C=O) groups is 1. The summed E-state index contributed by atoms with van der Waals surface area (Å²) < 4.78 is 43.8. The first-order valence-corrected chi connectivity index (χ1v) is 10.6. The Labute approximate surface area is 190 Å². The summed E-state index contributed by atoms with van der Waals surface area (Å²) in [6.07, 6.45) is -3.70. The fourth-order valence-electron chi connectivity index (χ4n) is 3.36. The molecule has 0 aliphatic heterocycles. The molecule has 0 spiro atoms. The Kier molecular flexibility index (Phi) is 7.19. The maximum absolute atomic E-state index is 12.8. The first-order chi connectivity index (χ1) is 15.4. The Morgan fingerprint density at radius 1 is 1.06 bits per heavy atom. The average Bonchev–Trinajstić information content (AvgIpc) is 3.14. The molecule has 0 bridgehead atoms. The molecule has 0 saturated heterocycles. The van der Waals surface area contributed by atoms with Crippen LogP contribution in [0.1, 0.15) is 50.8 Å². The number of rotatable bonds is 7. The van der Waals surface area contributed by atoms with Crippen molar-refractivity contribution in [2.45, 2.75) is 58.9 Å². The molecule has 9 heteroatoms. The number of alkyl halides is 3. The minimum absolute atomic E-state index is 0.0516. The van der Waals surface area contributed by atoms with Gasteiger partial charge in [0.1, 0.15) is 5.60 Å². The van der Waals surface area contributed by atoms with Gasteiger partial charge in [0.15, 0.2) is 0 Å². The molecule has 176 valence electrons. The van der Waals surface area contributed by atoms with Crippen molar-refractivity contribution in [3.8, 4) is 11.4 Å². The van der Waals surface area contributed by atoms with Gasteiger partial charge in [0.25, 0.3) is 0 Å². The summed E-state index contributed by atoms with van der Waals surface area (Å²) in [5.74, 6) is 0.0866. The molecule has 1 heterocycles. The molecule has 1 aromatic heterocycles. The van der Waals surface area contributed by atoms with Crippen molar-refractivity contribution in [1.29, 1.82) is 0 Å². The van der Waals surface area contributed by atoms with Crippen molar-refractivity contribution in [2.24, 2.45) is 5.92 Å². The molecule has 3 rings (SSSR count). The monoisotopic (exact) mass is 460 g/mol. The van der Waals surface area contributed by atoms with Gasteiger partial charge in [-0.2, -0.15) is 18.0 Å². The van der Waals surface area contributed by atoms with Crippen molar-refractivity contribution in [3.05, 3.63) is 65.2 Å². The van der Waals surface area contributed by atoms with Gasteiger partial charge >= 0.3 is 12.1 Å². The molecule has 1 unspecified atom stereocenters. The topological polar surface area (TPSA) is 69.9 Å². The van der Waals surface area contributed by atoms with E-state index in [1.807, 2.05) is 52.0 Å². The van der Waals surface area contributed by atoms with E-state index in [9.17, 15) is 18.0 Å². The van der Waals surface area contributed by atoms with Crippen LogP contribution in [0.15, 0.2) is 48.5 Å². The van der Waals surface area contributed by atoms with Gasteiger partial charge in [-0.05, 0) is 61.6 Å². The number of esters is 1. The fraction of sp³-hybridized carbons (Fsp3) is 0.417. The Morgan fingerprint density at radius 3 is 2.36 bits per heavy atom. The van der Waals surface area contributed by atoms with Gasteiger partial charge in [-0.25, -0.2) is 0 Å². The minimum atomic E-state index is -4.36. The van der Waals surface area contributed by atoms with Crippen molar-refractivity contribution in [2.75, 3.05) is 0 Å². The summed E-state index contributed by atoms with van der Waals surface area (Å²) >= 11 is 0. The molecule has 0 saturated carbocycles. The highest BCUT2D eigenvalue weighted by Gasteiger charge is 2.30. The lowest BCUT2D eigenvalue weighted by Gasteiger charge is -2.20. The van der Waals surface area contributed by atoms with E-state index in [1.54, 1.807) is 0 Å². The van der Waals surface area contributed by atoms with Crippen LogP contribution in [0.2, 0.25) is 0 Å². The van der Waals surface area contributed by atoms with E-state index in [2.05, 4.69) is 15.4 Å². The van der Waals surface area contributed by atoms with Crippen LogP contribution >= 0.6 is 0 Å². The SMILES string of the molecule is CC(CC(=O)OC(C)(C)C)Cn1nnc(-c2ccccc2Cc2ccc(C(F)(F)F)cc2)n1. The molecule has 2 aromatic carbocycles. The van der Waals surface area contributed by atoms with Crippen LogP contribution in [0.3, 0.4) is 0 Å². The Hall–Kier alpha value is -3.23. The lowest BCUT2D eigenvalue weighted by molar-refractivity contribution is -0.156. The molecule has 0 N–H and O–H groups in total. The lowest BCUT2D eigenvalue weighted by Crippen LogP contribution is -2.25. The number of aromatic nitrogens is 4. The second-order valence-corrected chi connectivity index (χ2v) is 9.09. The van der Waals surface area contributed by atoms with Crippen LogP contribution in [0.5, 0.6) is 0 Å². The second-order valence-electron chi connectivity index (χ2n) is 9.09. The number of hydrogen-bond donors (Lipinski definition) is 0. The maximum Gasteiger partial charge on any atom is 0.416 e. The third-order valence-electron chi connectivity index (χ3n) is 4.80. The number of nitrogens with zero attached hydrogens (tertiary/aromatic N) is 4. The van der Waals surface area contributed by atoms with Gasteiger partial charge in [-0.15, -0.1) is 10.2 Å². The molecule has 0 amide bonds. The Morgan fingerprint density at radius 2 is 1.73 bits per heavy atom. The largest absolute Gasteiger partial charge is 0.460 e. The average molecular weight is 461 g/mol. The van der Waals surface area contributed by atoms with Crippen molar-refractivity contribution in [1.82, 2.24) is 20.2 Å². The van der Waals surface area contributed by atoms with Crippen LogP contribution in [0.4, 0.5) is 13.2 Å². The van der Waals surface area contributed by atoms with Crippen LogP contribution in [0.25, 0.3) is 11.4 Å². The molecule has 0 fully saturated rings. The Balaban J connectivity index is 1.70. The van der Waals surface area contributed by atoms with E-state index in [4.69, 9.17) is 4.74 Å². The number of halogens is 3. The molecule has 0 aliphatic rings. The number of carbonyl (C=O) groups excluding carboxylic acids is 1. The van der Waals surface area contributed by atoms with E-state index in [0.717, 1.165) is 28.8 Å². The normalized spacial score (nSPS) is 13.1. The predicted molar refractivity (Wildman–Crippen MR) is 117 cm³/mol. The molecule has 0 radical (unpaired) electrons. The zero-order chi connectivity index (χ0) is 24.2. The number of hydrogen-bond acceptors (Lipinski definition) is 5. The number of ether oxygens (including phenoxy) is 1.